The van der Waals surface area contributed by atoms with Crippen molar-refractivity contribution < 1.29 is 29.0 Å². The molecular formula is C25H27NO6. The summed E-state index contributed by atoms with van der Waals surface area (Å²) in [5.74, 6) is -1.02. The molecule has 1 aliphatic rings. The zero-order valence-electron chi connectivity index (χ0n) is 18.7. The summed E-state index contributed by atoms with van der Waals surface area (Å²) in [4.78, 5) is 38.6. The maximum atomic E-state index is 13.0. The third-order valence-electron chi connectivity index (χ3n) is 5.42. The molecule has 0 radical (unpaired) electrons. The molecule has 7 heteroatoms. The van der Waals surface area contributed by atoms with Crippen molar-refractivity contribution >= 4 is 23.4 Å². The van der Waals surface area contributed by atoms with Crippen LogP contribution in [-0.2, 0) is 14.4 Å². The van der Waals surface area contributed by atoms with Crippen LogP contribution in [0.2, 0.25) is 0 Å². The lowest BCUT2D eigenvalue weighted by Crippen LogP contribution is -2.30. The van der Waals surface area contributed by atoms with E-state index >= 15 is 0 Å². The SMILES string of the molecule is CCCCN1C(=O)C(=O)/C(=C(\O)c2ccc(OC)c(C)c2)C1c1ccc(OC(C)=O)cc1. The van der Waals surface area contributed by atoms with Crippen molar-refractivity contribution in [2.45, 2.75) is 39.7 Å². The lowest BCUT2D eigenvalue weighted by molar-refractivity contribution is -0.139. The Morgan fingerprint density at radius 1 is 1.12 bits per heavy atom. The van der Waals surface area contributed by atoms with Crippen LogP contribution in [0.1, 0.15) is 49.4 Å². The summed E-state index contributed by atoms with van der Waals surface area (Å²) < 4.78 is 10.4. The van der Waals surface area contributed by atoms with Crippen LogP contribution in [0.5, 0.6) is 11.5 Å². The van der Waals surface area contributed by atoms with Crippen LogP contribution in [0, 0.1) is 6.92 Å². The molecule has 168 valence electrons. The van der Waals surface area contributed by atoms with Gasteiger partial charge in [0.15, 0.2) is 0 Å². The monoisotopic (exact) mass is 437 g/mol. The van der Waals surface area contributed by atoms with Crippen LogP contribution in [0.15, 0.2) is 48.0 Å². The van der Waals surface area contributed by atoms with Gasteiger partial charge in [-0.15, -0.1) is 0 Å². The Balaban J connectivity index is 2.12. The number of methoxy groups -OCH3 is 1. The summed E-state index contributed by atoms with van der Waals surface area (Å²) in [6.45, 7) is 5.53. The van der Waals surface area contributed by atoms with Crippen molar-refractivity contribution in [2.24, 2.45) is 0 Å². The average Bonchev–Trinajstić information content (AvgIpc) is 3.02. The molecule has 1 fully saturated rings. The fourth-order valence-corrected chi connectivity index (χ4v) is 3.85. The van der Waals surface area contributed by atoms with Crippen molar-refractivity contribution in [1.82, 2.24) is 4.90 Å². The molecule has 1 atom stereocenters. The Morgan fingerprint density at radius 2 is 1.81 bits per heavy atom. The molecule has 1 aliphatic heterocycles. The standard InChI is InChI=1S/C25H27NO6/c1-5-6-13-26-22(17-7-10-19(11-8-17)32-16(3)27)21(24(29)25(26)30)23(28)18-9-12-20(31-4)15(2)14-18/h7-12,14,22,28H,5-6,13H2,1-4H3/b23-21-. The highest BCUT2D eigenvalue weighted by Crippen LogP contribution is 2.40. The fourth-order valence-electron chi connectivity index (χ4n) is 3.85. The van der Waals surface area contributed by atoms with E-state index in [-0.39, 0.29) is 11.3 Å². The van der Waals surface area contributed by atoms with E-state index in [0.29, 0.717) is 29.2 Å². The zero-order valence-corrected chi connectivity index (χ0v) is 18.7. The number of aryl methyl sites for hydroxylation is 1. The largest absolute Gasteiger partial charge is 0.507 e. The van der Waals surface area contributed by atoms with Crippen LogP contribution < -0.4 is 9.47 Å². The fraction of sp³-hybridized carbons (Fsp3) is 0.320. The molecule has 0 aromatic heterocycles. The van der Waals surface area contributed by atoms with E-state index in [1.807, 2.05) is 13.8 Å². The lowest BCUT2D eigenvalue weighted by atomic mass is 9.94. The van der Waals surface area contributed by atoms with E-state index in [1.165, 1.54) is 11.8 Å². The predicted molar refractivity (Wildman–Crippen MR) is 119 cm³/mol. The molecule has 0 aliphatic carbocycles. The first-order chi connectivity index (χ1) is 15.3. The number of amides is 1. The highest BCUT2D eigenvalue weighted by atomic mass is 16.5. The molecule has 7 nitrogen and oxygen atoms in total. The number of aliphatic hydroxyl groups is 1. The van der Waals surface area contributed by atoms with E-state index < -0.39 is 23.7 Å². The summed E-state index contributed by atoms with van der Waals surface area (Å²) in [6.07, 6.45) is 1.57. The number of likely N-dealkylation sites (tertiary alicyclic amines) is 1. The molecule has 32 heavy (non-hydrogen) atoms. The number of hydrogen-bond donors (Lipinski definition) is 1. The maximum Gasteiger partial charge on any atom is 0.308 e. The average molecular weight is 437 g/mol. The van der Waals surface area contributed by atoms with Crippen LogP contribution in [0.3, 0.4) is 0 Å². The third-order valence-corrected chi connectivity index (χ3v) is 5.42. The van der Waals surface area contributed by atoms with Gasteiger partial charge in [-0.05, 0) is 54.8 Å². The van der Waals surface area contributed by atoms with Crippen molar-refractivity contribution in [2.75, 3.05) is 13.7 Å². The molecule has 0 bridgehead atoms. The number of Topliss-reactive ketones (excluding diaryl/α,β-unsaturated/α-hetero) is 1. The van der Waals surface area contributed by atoms with Crippen LogP contribution in [0.25, 0.3) is 5.76 Å². The van der Waals surface area contributed by atoms with Gasteiger partial charge in [0, 0.05) is 19.0 Å². The van der Waals surface area contributed by atoms with E-state index in [0.717, 1.165) is 18.4 Å². The highest BCUT2D eigenvalue weighted by molar-refractivity contribution is 6.46. The minimum absolute atomic E-state index is 0.0379. The second-order valence-corrected chi connectivity index (χ2v) is 7.69. The Bertz CT molecular complexity index is 1070. The molecule has 2 aromatic carbocycles. The smallest absolute Gasteiger partial charge is 0.308 e. The Labute approximate surface area is 187 Å². The van der Waals surface area contributed by atoms with Gasteiger partial charge < -0.3 is 19.5 Å². The van der Waals surface area contributed by atoms with Gasteiger partial charge in [0.05, 0.1) is 18.7 Å². The van der Waals surface area contributed by atoms with Gasteiger partial charge in [-0.2, -0.15) is 0 Å². The summed E-state index contributed by atoms with van der Waals surface area (Å²) >= 11 is 0. The number of esters is 1. The van der Waals surface area contributed by atoms with Crippen LogP contribution >= 0.6 is 0 Å². The van der Waals surface area contributed by atoms with Gasteiger partial charge in [-0.1, -0.05) is 25.5 Å². The van der Waals surface area contributed by atoms with Gasteiger partial charge in [-0.25, -0.2) is 0 Å². The Hall–Kier alpha value is -3.61. The number of ether oxygens (including phenoxy) is 2. The molecule has 2 aromatic rings. The minimum atomic E-state index is -0.740. The van der Waals surface area contributed by atoms with E-state index in [1.54, 1.807) is 49.6 Å². The van der Waals surface area contributed by atoms with E-state index in [2.05, 4.69) is 0 Å². The molecule has 1 saturated heterocycles. The third kappa shape index (κ3) is 4.51. The quantitative estimate of drug-likeness (QED) is 0.230. The summed E-state index contributed by atoms with van der Waals surface area (Å²) in [5.41, 5.74) is 1.90. The number of aliphatic hydroxyl groups excluding tert-OH is 1. The summed E-state index contributed by atoms with van der Waals surface area (Å²) in [5, 5.41) is 11.1. The molecule has 1 N–H and O–H groups in total. The second kappa shape index (κ2) is 9.68. The number of nitrogens with zero attached hydrogens (tertiary/aromatic N) is 1. The number of carbonyl (C=O) groups is 3. The van der Waals surface area contributed by atoms with Gasteiger partial charge >= 0.3 is 5.97 Å². The van der Waals surface area contributed by atoms with Crippen molar-refractivity contribution in [3.05, 3.63) is 64.7 Å². The molecule has 0 spiro atoms. The van der Waals surface area contributed by atoms with Crippen LogP contribution in [0.4, 0.5) is 0 Å². The van der Waals surface area contributed by atoms with Crippen molar-refractivity contribution in [1.29, 1.82) is 0 Å². The summed E-state index contributed by atoms with van der Waals surface area (Å²) in [7, 11) is 1.56. The first kappa shape index (κ1) is 23.1. The number of benzene rings is 2. The molecule has 0 saturated carbocycles. The topological polar surface area (TPSA) is 93.1 Å². The van der Waals surface area contributed by atoms with E-state index in [4.69, 9.17) is 9.47 Å². The minimum Gasteiger partial charge on any atom is -0.507 e. The Morgan fingerprint density at radius 3 is 2.38 bits per heavy atom. The molecule has 1 heterocycles. The first-order valence-corrected chi connectivity index (χ1v) is 10.5. The van der Waals surface area contributed by atoms with Gasteiger partial charge in [0.1, 0.15) is 17.3 Å². The second-order valence-electron chi connectivity index (χ2n) is 7.69. The van der Waals surface area contributed by atoms with Crippen LogP contribution in [-0.4, -0.2) is 41.3 Å². The van der Waals surface area contributed by atoms with Gasteiger partial charge in [0.25, 0.3) is 11.7 Å². The number of unbranched alkanes of at least 4 members (excludes halogenated alkanes) is 1. The van der Waals surface area contributed by atoms with Crippen molar-refractivity contribution in [3.8, 4) is 11.5 Å². The van der Waals surface area contributed by atoms with Gasteiger partial charge in [0.2, 0.25) is 0 Å². The molecule has 1 unspecified atom stereocenters. The number of ketones is 1. The number of hydrogen-bond acceptors (Lipinski definition) is 6. The number of carbonyl (C=O) groups excluding carboxylic acids is 3. The molecule has 1 amide bonds. The van der Waals surface area contributed by atoms with Gasteiger partial charge in [-0.3, -0.25) is 14.4 Å². The Kier molecular flexibility index (Phi) is 6.98. The van der Waals surface area contributed by atoms with Crippen molar-refractivity contribution in [3.63, 3.8) is 0 Å². The normalized spacial score (nSPS) is 17.5. The lowest BCUT2D eigenvalue weighted by Gasteiger charge is -2.25. The molecular weight excluding hydrogens is 410 g/mol. The maximum absolute atomic E-state index is 13.0. The van der Waals surface area contributed by atoms with E-state index in [9.17, 15) is 19.5 Å². The number of rotatable bonds is 7. The highest BCUT2D eigenvalue weighted by Gasteiger charge is 2.45. The molecule has 3 rings (SSSR count). The predicted octanol–water partition coefficient (Wildman–Crippen LogP) is 4.15. The first-order valence-electron chi connectivity index (χ1n) is 10.5. The summed E-state index contributed by atoms with van der Waals surface area (Å²) in [6, 6.07) is 10.9. The zero-order chi connectivity index (χ0) is 23.4.